The van der Waals surface area contributed by atoms with E-state index >= 15 is 0 Å². The van der Waals surface area contributed by atoms with Crippen molar-refractivity contribution in [2.24, 2.45) is 5.92 Å². The number of aliphatic carboxylic acids is 1. The van der Waals surface area contributed by atoms with E-state index in [2.05, 4.69) is 0 Å². The molecule has 1 N–H and O–H groups in total. The number of carboxylic acids is 1. The van der Waals surface area contributed by atoms with Crippen LogP contribution in [-0.4, -0.2) is 29.0 Å². The molecule has 1 aromatic heterocycles. The molecule has 1 fully saturated rings. The van der Waals surface area contributed by atoms with Crippen LogP contribution in [0.2, 0.25) is 0 Å². The van der Waals surface area contributed by atoms with Gasteiger partial charge >= 0.3 is 5.97 Å². The van der Waals surface area contributed by atoms with Gasteiger partial charge in [-0.25, -0.2) is 0 Å². The van der Waals surface area contributed by atoms with E-state index in [-0.39, 0.29) is 12.3 Å². The SMILES string of the molecule is COc1cccc([C@@H]2[C@@H](C(=O)O)CCC(=O)N2Cc2cccs2)c1. The lowest BCUT2D eigenvalue weighted by atomic mass is 9.84. The number of benzene rings is 1. The monoisotopic (exact) mass is 345 g/mol. The van der Waals surface area contributed by atoms with Gasteiger partial charge in [-0.1, -0.05) is 18.2 Å². The van der Waals surface area contributed by atoms with E-state index in [1.54, 1.807) is 23.3 Å². The average Bonchev–Trinajstić information content (AvgIpc) is 3.09. The minimum atomic E-state index is -0.869. The average molecular weight is 345 g/mol. The molecule has 1 aromatic carbocycles. The topological polar surface area (TPSA) is 66.8 Å². The Morgan fingerprint density at radius 2 is 2.21 bits per heavy atom. The summed E-state index contributed by atoms with van der Waals surface area (Å²) in [6.45, 7) is 0.433. The zero-order chi connectivity index (χ0) is 17.1. The highest BCUT2D eigenvalue weighted by Crippen LogP contribution is 2.39. The second-order valence-electron chi connectivity index (χ2n) is 5.81. The lowest BCUT2D eigenvalue weighted by molar-refractivity contribution is -0.152. The van der Waals surface area contributed by atoms with Crippen molar-refractivity contribution in [3.05, 3.63) is 52.2 Å². The van der Waals surface area contributed by atoms with E-state index in [0.29, 0.717) is 18.7 Å². The van der Waals surface area contributed by atoms with E-state index in [9.17, 15) is 14.7 Å². The quantitative estimate of drug-likeness (QED) is 0.903. The summed E-state index contributed by atoms with van der Waals surface area (Å²) in [6, 6.07) is 10.7. The van der Waals surface area contributed by atoms with Crippen LogP contribution in [-0.2, 0) is 16.1 Å². The molecule has 3 rings (SSSR count). The number of nitrogens with zero attached hydrogens (tertiary/aromatic N) is 1. The van der Waals surface area contributed by atoms with E-state index in [1.807, 2.05) is 41.8 Å². The summed E-state index contributed by atoms with van der Waals surface area (Å²) in [5.74, 6) is -0.833. The van der Waals surface area contributed by atoms with Crippen molar-refractivity contribution < 1.29 is 19.4 Å². The van der Waals surface area contributed by atoms with Crippen LogP contribution in [0.3, 0.4) is 0 Å². The largest absolute Gasteiger partial charge is 0.497 e. The second-order valence-corrected chi connectivity index (χ2v) is 6.84. The van der Waals surface area contributed by atoms with E-state index in [4.69, 9.17) is 4.74 Å². The van der Waals surface area contributed by atoms with Crippen molar-refractivity contribution in [2.45, 2.75) is 25.4 Å². The normalized spacial score (nSPS) is 20.9. The maximum Gasteiger partial charge on any atom is 0.308 e. The maximum atomic E-state index is 12.5. The van der Waals surface area contributed by atoms with Crippen molar-refractivity contribution in [1.82, 2.24) is 4.90 Å². The highest BCUT2D eigenvalue weighted by molar-refractivity contribution is 7.09. The standard InChI is InChI=1S/C18H19NO4S/c1-23-13-5-2-4-12(10-13)17-15(18(21)22)7-8-16(20)19(17)11-14-6-3-9-24-14/h2-6,9-10,15,17H,7-8,11H2,1H3,(H,21,22)/t15-,17+/m0/s1. The highest BCUT2D eigenvalue weighted by Gasteiger charge is 2.40. The molecule has 0 unspecified atom stereocenters. The number of ether oxygens (including phenoxy) is 1. The molecule has 1 saturated heterocycles. The molecule has 0 spiro atoms. The van der Waals surface area contributed by atoms with Crippen LogP contribution in [0.5, 0.6) is 5.75 Å². The Hall–Kier alpha value is -2.34. The molecule has 24 heavy (non-hydrogen) atoms. The Bertz CT molecular complexity index is 728. The number of methoxy groups -OCH3 is 1. The van der Waals surface area contributed by atoms with Gasteiger partial charge in [0.2, 0.25) is 5.91 Å². The minimum absolute atomic E-state index is 0.00581. The summed E-state index contributed by atoms with van der Waals surface area (Å²) < 4.78 is 5.26. The number of thiophene rings is 1. The number of likely N-dealkylation sites (tertiary alicyclic amines) is 1. The van der Waals surface area contributed by atoms with E-state index in [0.717, 1.165) is 10.4 Å². The summed E-state index contributed by atoms with van der Waals surface area (Å²) in [6.07, 6.45) is 0.625. The van der Waals surface area contributed by atoms with Crippen molar-refractivity contribution in [1.29, 1.82) is 0 Å². The molecule has 6 heteroatoms. The molecule has 2 heterocycles. The Labute approximate surface area is 144 Å². The van der Waals surface area contributed by atoms with Crippen molar-refractivity contribution in [2.75, 3.05) is 7.11 Å². The first-order valence-electron chi connectivity index (χ1n) is 7.78. The van der Waals surface area contributed by atoms with Gasteiger partial charge in [-0.2, -0.15) is 0 Å². The predicted molar refractivity (Wildman–Crippen MR) is 91.0 cm³/mol. The predicted octanol–water partition coefficient (Wildman–Crippen LogP) is 3.32. The van der Waals surface area contributed by atoms with Gasteiger partial charge in [0, 0.05) is 11.3 Å². The Balaban J connectivity index is 2.00. The number of carbonyl (C=O) groups is 2. The van der Waals surface area contributed by atoms with Crippen LogP contribution >= 0.6 is 11.3 Å². The molecule has 0 bridgehead atoms. The van der Waals surface area contributed by atoms with Crippen LogP contribution in [0.25, 0.3) is 0 Å². The Kier molecular flexibility index (Phi) is 4.85. The van der Waals surface area contributed by atoms with E-state index in [1.165, 1.54) is 0 Å². The third kappa shape index (κ3) is 3.28. The molecule has 5 nitrogen and oxygen atoms in total. The van der Waals surface area contributed by atoms with Gasteiger partial charge < -0.3 is 14.7 Å². The smallest absolute Gasteiger partial charge is 0.308 e. The van der Waals surface area contributed by atoms with Crippen molar-refractivity contribution in [3.8, 4) is 5.75 Å². The first kappa shape index (κ1) is 16.5. The van der Waals surface area contributed by atoms with Crippen LogP contribution in [0.1, 0.15) is 29.3 Å². The Morgan fingerprint density at radius 3 is 2.88 bits per heavy atom. The Morgan fingerprint density at radius 1 is 1.38 bits per heavy atom. The number of amides is 1. The number of piperidine rings is 1. The molecule has 2 atom stereocenters. The van der Waals surface area contributed by atoms with Gasteiger partial charge in [0.15, 0.2) is 0 Å². The third-order valence-electron chi connectivity index (χ3n) is 4.37. The highest BCUT2D eigenvalue weighted by atomic mass is 32.1. The third-order valence-corrected chi connectivity index (χ3v) is 5.23. The second kappa shape index (κ2) is 7.05. The fraction of sp³-hybridized carbons (Fsp3) is 0.333. The zero-order valence-electron chi connectivity index (χ0n) is 13.3. The summed E-state index contributed by atoms with van der Waals surface area (Å²) in [7, 11) is 1.57. The molecular formula is C18H19NO4S. The summed E-state index contributed by atoms with van der Waals surface area (Å²) in [5, 5.41) is 11.6. The fourth-order valence-electron chi connectivity index (χ4n) is 3.21. The molecule has 2 aromatic rings. The summed E-state index contributed by atoms with van der Waals surface area (Å²) in [5.41, 5.74) is 0.798. The van der Waals surface area contributed by atoms with Crippen LogP contribution in [0.4, 0.5) is 0 Å². The van der Waals surface area contributed by atoms with Gasteiger partial charge in [-0.15, -0.1) is 11.3 Å². The summed E-state index contributed by atoms with van der Waals surface area (Å²) >= 11 is 1.57. The zero-order valence-corrected chi connectivity index (χ0v) is 14.2. The van der Waals surface area contributed by atoms with Crippen LogP contribution in [0, 0.1) is 5.92 Å². The molecule has 0 saturated carbocycles. The lowest BCUT2D eigenvalue weighted by Gasteiger charge is -2.39. The van der Waals surface area contributed by atoms with Crippen LogP contribution < -0.4 is 4.74 Å². The molecule has 1 aliphatic heterocycles. The molecule has 126 valence electrons. The maximum absolute atomic E-state index is 12.5. The van der Waals surface area contributed by atoms with Gasteiger partial charge in [0.1, 0.15) is 5.75 Å². The first-order valence-corrected chi connectivity index (χ1v) is 8.66. The first-order chi connectivity index (χ1) is 11.6. The van der Waals surface area contributed by atoms with Gasteiger partial charge in [0.05, 0.1) is 25.6 Å². The number of hydrogen-bond acceptors (Lipinski definition) is 4. The number of rotatable bonds is 5. The number of hydrogen-bond donors (Lipinski definition) is 1. The minimum Gasteiger partial charge on any atom is -0.497 e. The molecular weight excluding hydrogens is 326 g/mol. The molecule has 0 aliphatic carbocycles. The molecule has 0 radical (unpaired) electrons. The van der Waals surface area contributed by atoms with Crippen molar-refractivity contribution >= 4 is 23.2 Å². The fourth-order valence-corrected chi connectivity index (χ4v) is 3.91. The number of carbonyl (C=O) groups excluding carboxylic acids is 1. The summed E-state index contributed by atoms with van der Waals surface area (Å²) in [4.78, 5) is 27.1. The molecule has 1 amide bonds. The van der Waals surface area contributed by atoms with Gasteiger partial charge in [0.25, 0.3) is 0 Å². The number of carboxylic acid groups (broad SMARTS) is 1. The van der Waals surface area contributed by atoms with Crippen molar-refractivity contribution in [3.63, 3.8) is 0 Å². The van der Waals surface area contributed by atoms with Gasteiger partial charge in [-0.05, 0) is 35.6 Å². The van der Waals surface area contributed by atoms with E-state index < -0.39 is 17.9 Å². The molecule has 1 aliphatic rings. The lowest BCUT2D eigenvalue weighted by Crippen LogP contribution is -2.44. The van der Waals surface area contributed by atoms with Gasteiger partial charge in [-0.3, -0.25) is 9.59 Å². The van der Waals surface area contributed by atoms with Crippen LogP contribution in [0.15, 0.2) is 41.8 Å².